The summed E-state index contributed by atoms with van der Waals surface area (Å²) in [5, 5.41) is 10.2. The lowest BCUT2D eigenvalue weighted by atomic mass is 10.1. The molecule has 0 aliphatic carbocycles. The lowest BCUT2D eigenvalue weighted by Crippen LogP contribution is -2.01. The third-order valence-corrected chi connectivity index (χ3v) is 3.89. The maximum atomic E-state index is 5.49. The first kappa shape index (κ1) is 11.7. The topological polar surface area (TPSA) is 51.8 Å². The fourth-order valence-corrected chi connectivity index (χ4v) is 2.84. The average Bonchev–Trinajstić information content (AvgIpc) is 2.71. The average molecular weight is 298 g/mol. The van der Waals surface area contributed by atoms with Crippen LogP contribution >= 0.6 is 27.3 Å². The van der Waals surface area contributed by atoms with Crippen LogP contribution in [-0.4, -0.2) is 16.7 Å². The zero-order chi connectivity index (χ0) is 11.5. The van der Waals surface area contributed by atoms with Gasteiger partial charge in [0.1, 0.15) is 10.0 Å². The molecule has 16 heavy (non-hydrogen) atoms. The van der Waals surface area contributed by atoms with Crippen LogP contribution in [0.5, 0.6) is 0 Å². The van der Waals surface area contributed by atoms with Gasteiger partial charge in [-0.15, -0.1) is 10.2 Å². The van der Waals surface area contributed by atoms with Crippen molar-refractivity contribution in [1.82, 2.24) is 10.2 Å². The smallest absolute Gasteiger partial charge is 0.148 e. The van der Waals surface area contributed by atoms with E-state index in [9.17, 15) is 0 Å². The molecule has 2 rings (SSSR count). The highest BCUT2D eigenvalue weighted by Crippen LogP contribution is 2.31. The number of aryl methyl sites for hydroxylation is 1. The van der Waals surface area contributed by atoms with Crippen LogP contribution in [0.4, 0.5) is 0 Å². The summed E-state index contributed by atoms with van der Waals surface area (Å²) in [6, 6.07) is 6.21. The fraction of sp³-hybridized carbons (Fsp3) is 0.273. The van der Waals surface area contributed by atoms with Gasteiger partial charge in [0.05, 0.1) is 0 Å². The second kappa shape index (κ2) is 5.03. The van der Waals surface area contributed by atoms with Gasteiger partial charge in [-0.25, -0.2) is 0 Å². The van der Waals surface area contributed by atoms with E-state index < -0.39 is 0 Å². The van der Waals surface area contributed by atoms with E-state index in [2.05, 4.69) is 45.2 Å². The summed E-state index contributed by atoms with van der Waals surface area (Å²) >= 11 is 5.13. The van der Waals surface area contributed by atoms with Gasteiger partial charge >= 0.3 is 0 Å². The van der Waals surface area contributed by atoms with Crippen LogP contribution in [0.15, 0.2) is 22.7 Å². The van der Waals surface area contributed by atoms with Crippen LogP contribution in [0.25, 0.3) is 10.6 Å². The molecule has 0 amide bonds. The zero-order valence-electron chi connectivity index (χ0n) is 8.90. The molecule has 0 unspecified atom stereocenters. The van der Waals surface area contributed by atoms with E-state index in [0.29, 0.717) is 6.54 Å². The summed E-state index contributed by atoms with van der Waals surface area (Å²) in [5.41, 5.74) is 7.81. The predicted molar refractivity (Wildman–Crippen MR) is 70.5 cm³/mol. The number of benzene rings is 1. The Labute approximate surface area is 107 Å². The third kappa shape index (κ3) is 2.48. The van der Waals surface area contributed by atoms with Crippen LogP contribution in [0.3, 0.4) is 0 Å². The highest BCUT2D eigenvalue weighted by atomic mass is 79.9. The van der Waals surface area contributed by atoms with Gasteiger partial charge in [0.2, 0.25) is 0 Å². The molecule has 0 saturated carbocycles. The van der Waals surface area contributed by atoms with Crippen molar-refractivity contribution in [2.24, 2.45) is 5.73 Å². The maximum absolute atomic E-state index is 5.49. The second-order valence-corrected chi connectivity index (χ2v) is 5.44. The molecule has 0 saturated heterocycles. The number of hydrogen-bond donors (Lipinski definition) is 1. The van der Waals surface area contributed by atoms with Crippen molar-refractivity contribution in [3.05, 3.63) is 33.2 Å². The summed E-state index contributed by atoms with van der Waals surface area (Å²) in [6.07, 6.45) is 0.793. The van der Waals surface area contributed by atoms with E-state index in [-0.39, 0.29) is 0 Å². The summed E-state index contributed by atoms with van der Waals surface area (Å²) in [5.74, 6) is 0. The summed E-state index contributed by atoms with van der Waals surface area (Å²) < 4.78 is 1.05. The molecule has 3 nitrogen and oxygen atoms in total. The van der Waals surface area contributed by atoms with Crippen molar-refractivity contribution in [2.75, 3.05) is 6.54 Å². The molecule has 1 aromatic heterocycles. The van der Waals surface area contributed by atoms with E-state index in [0.717, 1.165) is 26.5 Å². The number of aromatic nitrogens is 2. The van der Waals surface area contributed by atoms with E-state index in [4.69, 9.17) is 5.73 Å². The van der Waals surface area contributed by atoms with Gasteiger partial charge in [-0.1, -0.05) is 38.9 Å². The Hall–Kier alpha value is -0.780. The number of nitrogens with two attached hydrogens (primary N) is 1. The van der Waals surface area contributed by atoms with Crippen molar-refractivity contribution in [2.45, 2.75) is 13.3 Å². The number of hydrogen-bond acceptors (Lipinski definition) is 4. The fourth-order valence-electron chi connectivity index (χ4n) is 1.39. The van der Waals surface area contributed by atoms with Gasteiger partial charge < -0.3 is 5.73 Å². The van der Waals surface area contributed by atoms with Crippen molar-refractivity contribution in [3.8, 4) is 10.6 Å². The van der Waals surface area contributed by atoms with E-state index in [1.807, 2.05) is 6.07 Å². The van der Waals surface area contributed by atoms with Gasteiger partial charge in [0.25, 0.3) is 0 Å². The highest BCUT2D eigenvalue weighted by Gasteiger charge is 2.09. The Kier molecular flexibility index (Phi) is 3.68. The van der Waals surface area contributed by atoms with Gasteiger partial charge in [-0.2, -0.15) is 0 Å². The van der Waals surface area contributed by atoms with Crippen LogP contribution in [0, 0.1) is 6.92 Å². The van der Waals surface area contributed by atoms with Gasteiger partial charge in [0.15, 0.2) is 0 Å². The van der Waals surface area contributed by atoms with Gasteiger partial charge in [-0.3, -0.25) is 0 Å². The SMILES string of the molecule is Cc1ccc(Br)c(-c2nnc(CCN)s2)c1. The number of rotatable bonds is 3. The monoisotopic (exact) mass is 297 g/mol. The molecule has 2 N–H and O–H groups in total. The van der Waals surface area contributed by atoms with Crippen molar-refractivity contribution in [3.63, 3.8) is 0 Å². The van der Waals surface area contributed by atoms with Crippen molar-refractivity contribution < 1.29 is 0 Å². The molecule has 0 aliphatic rings. The minimum Gasteiger partial charge on any atom is -0.330 e. The minimum absolute atomic E-state index is 0.615. The quantitative estimate of drug-likeness (QED) is 0.948. The largest absolute Gasteiger partial charge is 0.330 e. The Morgan fingerprint density at radius 1 is 1.38 bits per heavy atom. The molecule has 0 radical (unpaired) electrons. The van der Waals surface area contributed by atoms with E-state index >= 15 is 0 Å². The molecule has 1 heterocycles. The van der Waals surface area contributed by atoms with Gasteiger partial charge in [-0.05, 0) is 25.6 Å². The Bertz CT molecular complexity index is 496. The minimum atomic E-state index is 0.615. The van der Waals surface area contributed by atoms with Gasteiger partial charge in [0, 0.05) is 16.5 Å². The van der Waals surface area contributed by atoms with Crippen molar-refractivity contribution >= 4 is 27.3 Å². The Morgan fingerprint density at radius 2 is 2.19 bits per heavy atom. The summed E-state index contributed by atoms with van der Waals surface area (Å²) in [7, 11) is 0. The normalized spacial score (nSPS) is 10.7. The van der Waals surface area contributed by atoms with Crippen LogP contribution in [0.2, 0.25) is 0 Å². The molecular weight excluding hydrogens is 286 g/mol. The second-order valence-electron chi connectivity index (χ2n) is 3.52. The van der Waals surface area contributed by atoms with E-state index in [1.165, 1.54) is 5.56 Å². The van der Waals surface area contributed by atoms with Crippen LogP contribution < -0.4 is 5.73 Å². The Morgan fingerprint density at radius 3 is 2.94 bits per heavy atom. The number of nitrogens with zero attached hydrogens (tertiary/aromatic N) is 2. The lowest BCUT2D eigenvalue weighted by molar-refractivity contribution is 0.913. The standard InChI is InChI=1S/C11H12BrN3S/c1-7-2-3-9(12)8(6-7)11-15-14-10(16-11)4-5-13/h2-3,6H,4-5,13H2,1H3. The molecule has 0 spiro atoms. The maximum Gasteiger partial charge on any atom is 0.148 e. The molecule has 5 heteroatoms. The molecule has 0 atom stereocenters. The molecule has 0 aliphatic heterocycles. The zero-order valence-corrected chi connectivity index (χ0v) is 11.3. The first-order valence-corrected chi connectivity index (χ1v) is 6.60. The molecule has 2 aromatic rings. The molecular formula is C11H12BrN3S. The van der Waals surface area contributed by atoms with Crippen LogP contribution in [0.1, 0.15) is 10.6 Å². The number of halogens is 1. The highest BCUT2D eigenvalue weighted by molar-refractivity contribution is 9.10. The third-order valence-electron chi connectivity index (χ3n) is 2.18. The van der Waals surface area contributed by atoms with Crippen LogP contribution in [-0.2, 0) is 6.42 Å². The van der Waals surface area contributed by atoms with Crippen molar-refractivity contribution in [1.29, 1.82) is 0 Å². The molecule has 1 aromatic carbocycles. The molecule has 0 fully saturated rings. The molecule has 0 bridgehead atoms. The first-order valence-electron chi connectivity index (χ1n) is 4.99. The first-order chi connectivity index (χ1) is 7.70. The van der Waals surface area contributed by atoms with E-state index in [1.54, 1.807) is 11.3 Å². The lowest BCUT2D eigenvalue weighted by Gasteiger charge is -2.00. The summed E-state index contributed by atoms with van der Waals surface area (Å²) in [4.78, 5) is 0. The predicted octanol–water partition coefficient (Wildman–Crippen LogP) is 2.78. The Balaban J connectivity index is 2.38. The molecule has 84 valence electrons. The summed E-state index contributed by atoms with van der Waals surface area (Å²) in [6.45, 7) is 2.68.